The van der Waals surface area contributed by atoms with Gasteiger partial charge in [-0.2, -0.15) is 0 Å². The summed E-state index contributed by atoms with van der Waals surface area (Å²) in [5.74, 6) is 0. The summed E-state index contributed by atoms with van der Waals surface area (Å²) in [5.41, 5.74) is 4.08. The molecule has 1 rings (SSSR count). The highest BCUT2D eigenvalue weighted by atomic mass is 16.5. The van der Waals surface area contributed by atoms with Crippen molar-refractivity contribution in [3.63, 3.8) is 0 Å². The predicted molar refractivity (Wildman–Crippen MR) is 68.8 cm³/mol. The first-order valence-electron chi connectivity index (χ1n) is 5.94. The highest BCUT2D eigenvalue weighted by molar-refractivity contribution is 5.31. The van der Waals surface area contributed by atoms with Crippen molar-refractivity contribution < 1.29 is 4.74 Å². The second-order valence-corrected chi connectivity index (χ2v) is 4.37. The predicted octanol–water partition coefficient (Wildman–Crippen LogP) is 2.99. The summed E-state index contributed by atoms with van der Waals surface area (Å²) >= 11 is 0. The molecule has 0 amide bonds. The van der Waals surface area contributed by atoms with Crippen LogP contribution in [0.5, 0.6) is 0 Å². The average molecular weight is 221 g/mol. The van der Waals surface area contributed by atoms with E-state index in [1.54, 1.807) is 7.11 Å². The van der Waals surface area contributed by atoms with Crippen molar-refractivity contribution in [3.05, 3.63) is 34.9 Å². The molecule has 0 spiro atoms. The number of nitrogens with one attached hydrogen (secondary N) is 1. The molecule has 0 bridgehead atoms. The molecule has 0 heterocycles. The molecule has 0 fully saturated rings. The van der Waals surface area contributed by atoms with Crippen LogP contribution in [0.25, 0.3) is 0 Å². The van der Waals surface area contributed by atoms with Gasteiger partial charge in [0.15, 0.2) is 0 Å². The van der Waals surface area contributed by atoms with Gasteiger partial charge in [-0.25, -0.2) is 0 Å². The molecule has 0 aliphatic rings. The first-order valence-corrected chi connectivity index (χ1v) is 5.94. The van der Waals surface area contributed by atoms with E-state index in [1.807, 2.05) is 0 Å². The Labute approximate surface area is 99.0 Å². The molecule has 16 heavy (non-hydrogen) atoms. The minimum Gasteiger partial charge on any atom is -0.385 e. The lowest BCUT2D eigenvalue weighted by Crippen LogP contribution is -2.20. The van der Waals surface area contributed by atoms with Crippen LogP contribution in [0.2, 0.25) is 0 Å². The Morgan fingerprint density at radius 1 is 1.25 bits per heavy atom. The fourth-order valence-electron chi connectivity index (χ4n) is 1.69. The first kappa shape index (κ1) is 13.2. The van der Waals surface area contributed by atoms with Crippen molar-refractivity contribution in [2.45, 2.75) is 33.2 Å². The molecule has 0 aromatic heterocycles. The molecular formula is C14H23NO. The minimum absolute atomic E-state index is 0.413. The van der Waals surface area contributed by atoms with Gasteiger partial charge in [-0.1, -0.05) is 18.2 Å². The van der Waals surface area contributed by atoms with Gasteiger partial charge in [0.05, 0.1) is 0 Å². The van der Waals surface area contributed by atoms with Crippen LogP contribution in [0.15, 0.2) is 18.2 Å². The lowest BCUT2D eigenvalue weighted by atomic mass is 10.0. The van der Waals surface area contributed by atoms with Crippen LogP contribution in [0, 0.1) is 13.8 Å². The van der Waals surface area contributed by atoms with Crippen molar-refractivity contribution in [2.75, 3.05) is 20.3 Å². The summed E-state index contributed by atoms with van der Waals surface area (Å²) in [4.78, 5) is 0. The molecule has 2 heteroatoms. The van der Waals surface area contributed by atoms with Gasteiger partial charge in [-0.15, -0.1) is 0 Å². The molecule has 0 saturated heterocycles. The molecular weight excluding hydrogens is 198 g/mol. The van der Waals surface area contributed by atoms with E-state index in [9.17, 15) is 0 Å². The summed E-state index contributed by atoms with van der Waals surface area (Å²) < 4.78 is 5.02. The summed E-state index contributed by atoms with van der Waals surface area (Å²) in [7, 11) is 1.74. The number of rotatable bonds is 6. The molecule has 0 saturated carbocycles. The minimum atomic E-state index is 0.413. The van der Waals surface area contributed by atoms with E-state index in [4.69, 9.17) is 4.74 Å². The van der Waals surface area contributed by atoms with Crippen molar-refractivity contribution in [1.29, 1.82) is 0 Å². The van der Waals surface area contributed by atoms with Crippen LogP contribution < -0.4 is 5.32 Å². The molecule has 0 aliphatic heterocycles. The maximum atomic E-state index is 5.02. The quantitative estimate of drug-likeness (QED) is 0.746. The van der Waals surface area contributed by atoms with Gasteiger partial charge in [-0.3, -0.25) is 0 Å². The Morgan fingerprint density at radius 2 is 2.00 bits per heavy atom. The van der Waals surface area contributed by atoms with Crippen LogP contribution in [0.4, 0.5) is 0 Å². The maximum Gasteiger partial charge on any atom is 0.0474 e. The fourth-order valence-corrected chi connectivity index (χ4v) is 1.69. The second-order valence-electron chi connectivity index (χ2n) is 4.37. The number of benzene rings is 1. The Morgan fingerprint density at radius 3 is 2.62 bits per heavy atom. The standard InChI is InChI=1S/C14H23NO/c1-11-6-7-14(10-12(11)2)13(3)15-8-5-9-16-4/h6-7,10,13,15H,5,8-9H2,1-4H3. The van der Waals surface area contributed by atoms with Crippen LogP contribution in [0.3, 0.4) is 0 Å². The van der Waals surface area contributed by atoms with Gasteiger partial charge in [-0.05, 0) is 50.4 Å². The van der Waals surface area contributed by atoms with E-state index < -0.39 is 0 Å². The van der Waals surface area contributed by atoms with Gasteiger partial charge in [0.2, 0.25) is 0 Å². The largest absolute Gasteiger partial charge is 0.385 e. The average Bonchev–Trinajstić information content (AvgIpc) is 2.28. The lowest BCUT2D eigenvalue weighted by molar-refractivity contribution is 0.193. The number of hydrogen-bond donors (Lipinski definition) is 1. The summed E-state index contributed by atoms with van der Waals surface area (Å²) in [6.07, 6.45) is 1.06. The van der Waals surface area contributed by atoms with E-state index in [1.165, 1.54) is 16.7 Å². The molecule has 90 valence electrons. The van der Waals surface area contributed by atoms with Crippen LogP contribution >= 0.6 is 0 Å². The zero-order chi connectivity index (χ0) is 12.0. The maximum absolute atomic E-state index is 5.02. The van der Waals surface area contributed by atoms with Crippen molar-refractivity contribution >= 4 is 0 Å². The highest BCUT2D eigenvalue weighted by Crippen LogP contribution is 2.16. The smallest absolute Gasteiger partial charge is 0.0474 e. The zero-order valence-corrected chi connectivity index (χ0v) is 10.8. The van der Waals surface area contributed by atoms with Gasteiger partial charge < -0.3 is 10.1 Å². The summed E-state index contributed by atoms with van der Waals surface area (Å²) in [5, 5.41) is 3.50. The van der Waals surface area contributed by atoms with Crippen LogP contribution in [-0.4, -0.2) is 20.3 Å². The van der Waals surface area contributed by atoms with E-state index in [-0.39, 0.29) is 0 Å². The Balaban J connectivity index is 2.46. The van der Waals surface area contributed by atoms with Gasteiger partial charge >= 0.3 is 0 Å². The Kier molecular flexibility index (Phi) is 5.50. The first-order chi connectivity index (χ1) is 7.65. The molecule has 1 atom stereocenters. The molecule has 0 radical (unpaired) electrons. The van der Waals surface area contributed by atoms with Crippen molar-refractivity contribution in [3.8, 4) is 0 Å². The number of aryl methyl sites for hydroxylation is 2. The number of ether oxygens (including phenoxy) is 1. The van der Waals surface area contributed by atoms with E-state index >= 15 is 0 Å². The zero-order valence-electron chi connectivity index (χ0n) is 10.8. The van der Waals surface area contributed by atoms with Crippen molar-refractivity contribution in [2.24, 2.45) is 0 Å². The summed E-state index contributed by atoms with van der Waals surface area (Å²) in [6, 6.07) is 7.08. The third kappa shape index (κ3) is 3.95. The van der Waals surface area contributed by atoms with Gasteiger partial charge in [0.1, 0.15) is 0 Å². The molecule has 1 unspecified atom stereocenters. The van der Waals surface area contributed by atoms with Gasteiger partial charge in [0, 0.05) is 19.8 Å². The molecule has 1 aromatic carbocycles. The lowest BCUT2D eigenvalue weighted by Gasteiger charge is -2.15. The SMILES string of the molecule is COCCCNC(C)c1ccc(C)c(C)c1. The molecule has 0 aliphatic carbocycles. The topological polar surface area (TPSA) is 21.3 Å². The van der Waals surface area contributed by atoms with E-state index in [2.05, 4.69) is 44.3 Å². The van der Waals surface area contributed by atoms with Crippen LogP contribution in [-0.2, 0) is 4.74 Å². The summed E-state index contributed by atoms with van der Waals surface area (Å²) in [6.45, 7) is 8.34. The van der Waals surface area contributed by atoms with E-state index in [0.29, 0.717) is 6.04 Å². The molecule has 1 aromatic rings. The normalized spacial score (nSPS) is 12.8. The van der Waals surface area contributed by atoms with Crippen LogP contribution in [0.1, 0.15) is 36.1 Å². The third-order valence-electron chi connectivity index (χ3n) is 3.01. The van der Waals surface area contributed by atoms with Crippen molar-refractivity contribution in [1.82, 2.24) is 5.32 Å². The Bertz CT molecular complexity index is 323. The Hall–Kier alpha value is -0.860. The molecule has 2 nitrogen and oxygen atoms in total. The third-order valence-corrected chi connectivity index (χ3v) is 3.01. The molecule has 1 N–H and O–H groups in total. The van der Waals surface area contributed by atoms with E-state index in [0.717, 1.165) is 19.6 Å². The number of methoxy groups -OCH3 is 1. The highest BCUT2D eigenvalue weighted by Gasteiger charge is 2.04. The fraction of sp³-hybridized carbons (Fsp3) is 0.571. The second kappa shape index (κ2) is 6.66. The monoisotopic (exact) mass is 221 g/mol. The number of hydrogen-bond acceptors (Lipinski definition) is 2. The van der Waals surface area contributed by atoms with Gasteiger partial charge in [0.25, 0.3) is 0 Å².